The number of hydrogen-bond donors (Lipinski definition) is 0. The van der Waals surface area contributed by atoms with Crippen molar-refractivity contribution in [1.29, 1.82) is 0 Å². The molecule has 0 aromatic heterocycles. The monoisotopic (exact) mass is 181 g/mol. The Labute approximate surface area is 78.1 Å². The predicted octanol–water partition coefficient (Wildman–Crippen LogP) is 3.49. The lowest BCUT2D eigenvalue weighted by atomic mass is 10.1. The minimum atomic E-state index is 0.184. The summed E-state index contributed by atoms with van der Waals surface area (Å²) in [6.07, 6.45) is 0.962. The van der Waals surface area contributed by atoms with Gasteiger partial charge >= 0.3 is 0 Å². The Kier molecular flexibility index (Phi) is 3.30. The van der Waals surface area contributed by atoms with E-state index >= 15 is 0 Å². The molecule has 0 aliphatic carbocycles. The fraction of sp³-hybridized carbons (Fsp3) is 0.300. The normalized spacial score (nSPS) is 12.5. The Balaban J connectivity index is 2.93. The van der Waals surface area contributed by atoms with Crippen molar-refractivity contribution in [3.8, 4) is 0 Å². The predicted molar refractivity (Wildman–Crippen MR) is 54.0 cm³/mol. The molecule has 0 amide bonds. The maximum absolute atomic E-state index is 5.84. The molecule has 0 unspecified atom stereocenters. The SMILES string of the molecule is C=N[C@@H](CC)c1cccc(Cl)c1. The lowest BCUT2D eigenvalue weighted by Crippen LogP contribution is -1.91. The van der Waals surface area contributed by atoms with Crippen molar-refractivity contribution >= 4 is 18.3 Å². The molecule has 1 aromatic rings. The van der Waals surface area contributed by atoms with Gasteiger partial charge < -0.3 is 0 Å². The van der Waals surface area contributed by atoms with Crippen molar-refractivity contribution in [3.63, 3.8) is 0 Å². The molecule has 0 heterocycles. The highest BCUT2D eigenvalue weighted by molar-refractivity contribution is 6.30. The minimum absolute atomic E-state index is 0.184. The molecule has 64 valence electrons. The number of nitrogens with zero attached hydrogens (tertiary/aromatic N) is 1. The summed E-state index contributed by atoms with van der Waals surface area (Å²) in [5.41, 5.74) is 1.14. The Morgan fingerprint density at radius 2 is 2.33 bits per heavy atom. The zero-order valence-corrected chi connectivity index (χ0v) is 7.88. The van der Waals surface area contributed by atoms with Crippen LogP contribution in [0.4, 0.5) is 0 Å². The van der Waals surface area contributed by atoms with Gasteiger partial charge in [-0.05, 0) is 30.8 Å². The summed E-state index contributed by atoms with van der Waals surface area (Å²) in [5.74, 6) is 0. The zero-order valence-electron chi connectivity index (χ0n) is 7.13. The van der Waals surface area contributed by atoms with Gasteiger partial charge in [0, 0.05) is 5.02 Å². The summed E-state index contributed by atoms with van der Waals surface area (Å²) in [7, 11) is 0. The van der Waals surface area contributed by atoms with Crippen molar-refractivity contribution in [2.45, 2.75) is 19.4 Å². The van der Waals surface area contributed by atoms with Gasteiger partial charge in [0.2, 0.25) is 0 Å². The Morgan fingerprint density at radius 1 is 1.58 bits per heavy atom. The molecule has 0 N–H and O–H groups in total. The standard InChI is InChI=1S/C10H12ClN/c1-3-10(12-2)8-5-4-6-9(11)7-8/h4-7,10H,2-3H2,1H3/t10-/m0/s1. The van der Waals surface area contributed by atoms with E-state index in [1.54, 1.807) is 0 Å². The van der Waals surface area contributed by atoms with Gasteiger partial charge in [-0.15, -0.1) is 0 Å². The van der Waals surface area contributed by atoms with Crippen LogP contribution in [0.5, 0.6) is 0 Å². The van der Waals surface area contributed by atoms with Gasteiger partial charge in [0.1, 0.15) is 0 Å². The molecular weight excluding hydrogens is 170 g/mol. The van der Waals surface area contributed by atoms with E-state index in [0.717, 1.165) is 17.0 Å². The third-order valence-corrected chi connectivity index (χ3v) is 2.08. The van der Waals surface area contributed by atoms with Crippen molar-refractivity contribution in [2.75, 3.05) is 0 Å². The van der Waals surface area contributed by atoms with Crippen LogP contribution in [-0.4, -0.2) is 6.72 Å². The molecule has 0 saturated heterocycles. The lowest BCUT2D eigenvalue weighted by Gasteiger charge is -2.08. The maximum Gasteiger partial charge on any atom is 0.0739 e. The van der Waals surface area contributed by atoms with Crippen LogP contribution in [0.25, 0.3) is 0 Å². The Hall–Kier alpha value is -0.820. The van der Waals surface area contributed by atoms with E-state index in [1.165, 1.54) is 0 Å². The summed E-state index contributed by atoms with van der Waals surface area (Å²) in [6, 6.07) is 7.94. The van der Waals surface area contributed by atoms with Crippen LogP contribution in [-0.2, 0) is 0 Å². The maximum atomic E-state index is 5.84. The molecule has 0 aliphatic heterocycles. The average molecular weight is 182 g/mol. The van der Waals surface area contributed by atoms with Crippen LogP contribution in [0.1, 0.15) is 24.9 Å². The van der Waals surface area contributed by atoms with E-state index in [9.17, 15) is 0 Å². The van der Waals surface area contributed by atoms with Gasteiger partial charge in [-0.2, -0.15) is 0 Å². The minimum Gasteiger partial charge on any atom is -0.293 e. The molecule has 0 fully saturated rings. The first kappa shape index (κ1) is 9.27. The second-order valence-corrected chi connectivity index (χ2v) is 3.10. The fourth-order valence-electron chi connectivity index (χ4n) is 1.18. The molecule has 1 nitrogen and oxygen atoms in total. The van der Waals surface area contributed by atoms with E-state index in [0.29, 0.717) is 0 Å². The van der Waals surface area contributed by atoms with Gasteiger partial charge in [-0.3, -0.25) is 4.99 Å². The highest BCUT2D eigenvalue weighted by Gasteiger charge is 2.04. The molecule has 0 radical (unpaired) electrons. The van der Waals surface area contributed by atoms with Crippen LogP contribution in [0.3, 0.4) is 0 Å². The number of benzene rings is 1. The largest absolute Gasteiger partial charge is 0.293 e. The van der Waals surface area contributed by atoms with Crippen molar-refractivity contribution in [1.82, 2.24) is 0 Å². The Bertz CT molecular complexity index is 270. The van der Waals surface area contributed by atoms with E-state index in [4.69, 9.17) is 11.6 Å². The third-order valence-electron chi connectivity index (χ3n) is 1.84. The second kappa shape index (κ2) is 4.27. The first-order valence-corrected chi connectivity index (χ1v) is 4.37. The number of halogens is 1. The van der Waals surface area contributed by atoms with Crippen molar-refractivity contribution in [3.05, 3.63) is 34.9 Å². The number of hydrogen-bond acceptors (Lipinski definition) is 1. The molecule has 1 aromatic carbocycles. The van der Waals surface area contributed by atoms with Gasteiger partial charge in [0.15, 0.2) is 0 Å². The van der Waals surface area contributed by atoms with E-state index in [1.807, 2.05) is 24.3 Å². The van der Waals surface area contributed by atoms with Gasteiger partial charge in [-0.25, -0.2) is 0 Å². The molecule has 0 aliphatic rings. The molecule has 12 heavy (non-hydrogen) atoms. The number of aliphatic imine (C=N–C) groups is 1. The summed E-state index contributed by atoms with van der Waals surface area (Å²) < 4.78 is 0. The highest BCUT2D eigenvalue weighted by atomic mass is 35.5. The van der Waals surface area contributed by atoms with Gasteiger partial charge in [0.25, 0.3) is 0 Å². The molecule has 1 rings (SSSR count). The van der Waals surface area contributed by atoms with Crippen LogP contribution >= 0.6 is 11.6 Å². The summed E-state index contributed by atoms with van der Waals surface area (Å²) in [5, 5.41) is 0.759. The molecule has 0 saturated carbocycles. The zero-order chi connectivity index (χ0) is 8.97. The van der Waals surface area contributed by atoms with Gasteiger partial charge in [-0.1, -0.05) is 30.7 Å². The summed E-state index contributed by atoms with van der Waals surface area (Å²) in [4.78, 5) is 4.01. The highest BCUT2D eigenvalue weighted by Crippen LogP contribution is 2.22. The second-order valence-electron chi connectivity index (χ2n) is 2.66. The smallest absolute Gasteiger partial charge is 0.0739 e. The Morgan fingerprint density at radius 3 is 2.83 bits per heavy atom. The molecule has 0 bridgehead atoms. The van der Waals surface area contributed by atoms with E-state index < -0.39 is 0 Å². The topological polar surface area (TPSA) is 12.4 Å². The molecular formula is C10H12ClN. The third kappa shape index (κ3) is 2.08. The molecule has 1 atom stereocenters. The van der Waals surface area contributed by atoms with Crippen LogP contribution < -0.4 is 0 Å². The van der Waals surface area contributed by atoms with Crippen molar-refractivity contribution < 1.29 is 0 Å². The quantitative estimate of drug-likeness (QED) is 0.633. The number of rotatable bonds is 3. The average Bonchev–Trinajstić information content (AvgIpc) is 2.07. The first-order chi connectivity index (χ1) is 5.77. The lowest BCUT2D eigenvalue weighted by molar-refractivity contribution is 0.707. The van der Waals surface area contributed by atoms with Crippen molar-refractivity contribution in [2.24, 2.45) is 4.99 Å². The molecule has 2 heteroatoms. The fourth-order valence-corrected chi connectivity index (χ4v) is 1.38. The summed E-state index contributed by atoms with van der Waals surface area (Å²) in [6.45, 7) is 5.63. The van der Waals surface area contributed by atoms with Crippen LogP contribution in [0.2, 0.25) is 5.02 Å². The van der Waals surface area contributed by atoms with E-state index in [2.05, 4.69) is 18.6 Å². The molecule has 0 spiro atoms. The summed E-state index contributed by atoms with van der Waals surface area (Å²) >= 11 is 5.84. The van der Waals surface area contributed by atoms with Gasteiger partial charge in [0.05, 0.1) is 6.04 Å². The van der Waals surface area contributed by atoms with E-state index in [-0.39, 0.29) is 6.04 Å². The first-order valence-electron chi connectivity index (χ1n) is 3.99. The van der Waals surface area contributed by atoms with Crippen LogP contribution in [0.15, 0.2) is 29.3 Å². The van der Waals surface area contributed by atoms with Crippen LogP contribution in [0, 0.1) is 0 Å².